The van der Waals surface area contributed by atoms with Crippen LogP contribution in [0.4, 0.5) is 4.39 Å². The van der Waals surface area contributed by atoms with Crippen molar-refractivity contribution in [2.75, 3.05) is 0 Å². The standard InChI is InChI=1S/C10H7FN2O2/c11-7-1-3-8(4-2-7)13-6-5-12-9(14)10(13)15/h1-6H,(H,12,14). The summed E-state index contributed by atoms with van der Waals surface area (Å²) in [5.41, 5.74) is -0.946. The number of rotatable bonds is 1. The van der Waals surface area contributed by atoms with Crippen LogP contribution < -0.4 is 11.1 Å². The fraction of sp³-hybridized carbons (Fsp3) is 0. The molecule has 1 N–H and O–H groups in total. The molecule has 0 amide bonds. The summed E-state index contributed by atoms with van der Waals surface area (Å²) in [5, 5.41) is 0. The van der Waals surface area contributed by atoms with Crippen molar-refractivity contribution in [1.29, 1.82) is 0 Å². The number of nitrogens with one attached hydrogen (secondary N) is 1. The third-order valence-corrected chi connectivity index (χ3v) is 1.96. The van der Waals surface area contributed by atoms with Crippen molar-refractivity contribution in [3.63, 3.8) is 0 Å². The van der Waals surface area contributed by atoms with Crippen molar-refractivity contribution < 1.29 is 4.39 Å². The van der Waals surface area contributed by atoms with E-state index in [1.54, 1.807) is 0 Å². The number of hydrogen-bond acceptors (Lipinski definition) is 2. The molecular weight excluding hydrogens is 199 g/mol. The molecule has 5 heteroatoms. The second-order valence-corrected chi connectivity index (χ2v) is 2.94. The van der Waals surface area contributed by atoms with Crippen LogP contribution in [0.2, 0.25) is 0 Å². The number of benzene rings is 1. The molecule has 0 spiro atoms. The molecule has 0 bridgehead atoms. The van der Waals surface area contributed by atoms with Gasteiger partial charge in [-0.05, 0) is 24.3 Å². The molecule has 0 aliphatic carbocycles. The molecule has 0 aliphatic rings. The lowest BCUT2D eigenvalue weighted by atomic mass is 10.3. The molecule has 2 aromatic rings. The van der Waals surface area contributed by atoms with Gasteiger partial charge in [0.2, 0.25) is 0 Å². The van der Waals surface area contributed by atoms with Crippen LogP contribution in [-0.2, 0) is 0 Å². The molecule has 1 heterocycles. The van der Waals surface area contributed by atoms with Crippen molar-refractivity contribution in [3.8, 4) is 5.69 Å². The monoisotopic (exact) mass is 206 g/mol. The molecule has 0 fully saturated rings. The van der Waals surface area contributed by atoms with Crippen molar-refractivity contribution >= 4 is 0 Å². The first kappa shape index (κ1) is 9.39. The van der Waals surface area contributed by atoms with Crippen LogP contribution in [0.25, 0.3) is 5.69 Å². The van der Waals surface area contributed by atoms with E-state index < -0.39 is 16.9 Å². The fourth-order valence-electron chi connectivity index (χ4n) is 1.23. The van der Waals surface area contributed by atoms with Crippen LogP contribution in [0.1, 0.15) is 0 Å². The maximum absolute atomic E-state index is 12.6. The molecule has 76 valence electrons. The van der Waals surface area contributed by atoms with E-state index in [1.165, 1.54) is 36.7 Å². The van der Waals surface area contributed by atoms with Crippen LogP contribution in [0.5, 0.6) is 0 Å². The summed E-state index contributed by atoms with van der Waals surface area (Å²) in [5.74, 6) is -0.392. The van der Waals surface area contributed by atoms with Crippen LogP contribution >= 0.6 is 0 Å². The second kappa shape index (κ2) is 3.53. The van der Waals surface area contributed by atoms with Gasteiger partial charge in [0.15, 0.2) is 0 Å². The van der Waals surface area contributed by atoms with Crippen LogP contribution in [0.3, 0.4) is 0 Å². The summed E-state index contributed by atoms with van der Waals surface area (Å²) in [6, 6.07) is 5.30. The highest BCUT2D eigenvalue weighted by molar-refractivity contribution is 5.31. The predicted octanol–water partition coefficient (Wildman–Crippen LogP) is 0.665. The molecule has 0 saturated carbocycles. The minimum atomic E-state index is -0.707. The Hall–Kier alpha value is -2.17. The van der Waals surface area contributed by atoms with Gasteiger partial charge in [0, 0.05) is 18.1 Å². The molecule has 1 aromatic carbocycles. The van der Waals surface area contributed by atoms with E-state index in [-0.39, 0.29) is 0 Å². The van der Waals surface area contributed by atoms with Gasteiger partial charge >= 0.3 is 11.1 Å². The zero-order valence-corrected chi connectivity index (χ0v) is 7.61. The smallest absolute Gasteiger partial charge is 0.320 e. The van der Waals surface area contributed by atoms with Gasteiger partial charge in [-0.2, -0.15) is 0 Å². The highest BCUT2D eigenvalue weighted by Crippen LogP contribution is 2.05. The Labute approximate surface area is 83.6 Å². The Bertz CT molecular complexity index is 583. The highest BCUT2D eigenvalue weighted by atomic mass is 19.1. The lowest BCUT2D eigenvalue weighted by molar-refractivity contribution is 0.627. The topological polar surface area (TPSA) is 54.9 Å². The van der Waals surface area contributed by atoms with Gasteiger partial charge in [-0.1, -0.05) is 0 Å². The SMILES string of the molecule is O=c1[nH]ccn(-c2ccc(F)cc2)c1=O. The molecule has 15 heavy (non-hydrogen) atoms. The van der Waals surface area contributed by atoms with Gasteiger partial charge in [-0.25, -0.2) is 4.39 Å². The van der Waals surface area contributed by atoms with Gasteiger partial charge < -0.3 is 4.98 Å². The summed E-state index contributed by atoms with van der Waals surface area (Å²) >= 11 is 0. The van der Waals surface area contributed by atoms with Crippen molar-refractivity contribution in [1.82, 2.24) is 9.55 Å². The largest absolute Gasteiger partial charge is 0.323 e. The quantitative estimate of drug-likeness (QED) is 0.697. The molecule has 0 aliphatic heterocycles. The zero-order valence-electron chi connectivity index (χ0n) is 7.61. The Morgan fingerprint density at radius 3 is 2.47 bits per heavy atom. The molecule has 2 rings (SSSR count). The number of halogens is 1. The lowest BCUT2D eigenvalue weighted by Crippen LogP contribution is -2.34. The van der Waals surface area contributed by atoms with Crippen molar-refractivity contribution in [2.24, 2.45) is 0 Å². The van der Waals surface area contributed by atoms with Crippen LogP contribution in [-0.4, -0.2) is 9.55 Å². The average Bonchev–Trinajstić information content (AvgIpc) is 2.24. The molecular formula is C10H7FN2O2. The Morgan fingerprint density at radius 1 is 1.13 bits per heavy atom. The van der Waals surface area contributed by atoms with Gasteiger partial charge in [0.1, 0.15) is 5.82 Å². The van der Waals surface area contributed by atoms with Gasteiger partial charge in [-0.15, -0.1) is 0 Å². The van der Waals surface area contributed by atoms with E-state index in [2.05, 4.69) is 4.98 Å². The third kappa shape index (κ3) is 1.71. The molecule has 0 radical (unpaired) electrons. The van der Waals surface area contributed by atoms with E-state index in [0.29, 0.717) is 5.69 Å². The second-order valence-electron chi connectivity index (χ2n) is 2.94. The first-order valence-electron chi connectivity index (χ1n) is 4.25. The maximum Gasteiger partial charge on any atom is 0.320 e. The zero-order chi connectivity index (χ0) is 10.8. The summed E-state index contributed by atoms with van der Waals surface area (Å²) < 4.78 is 13.8. The van der Waals surface area contributed by atoms with Gasteiger partial charge in [0.25, 0.3) is 0 Å². The van der Waals surface area contributed by atoms with Gasteiger partial charge in [-0.3, -0.25) is 14.2 Å². The Morgan fingerprint density at radius 2 is 1.80 bits per heavy atom. The minimum Gasteiger partial charge on any atom is -0.323 e. The number of aromatic amines is 1. The predicted molar refractivity (Wildman–Crippen MR) is 52.6 cm³/mol. The number of aromatic nitrogens is 2. The molecule has 0 atom stereocenters. The normalized spacial score (nSPS) is 10.2. The maximum atomic E-state index is 12.6. The third-order valence-electron chi connectivity index (χ3n) is 1.96. The first-order valence-corrected chi connectivity index (χ1v) is 4.25. The lowest BCUT2D eigenvalue weighted by Gasteiger charge is -2.03. The Kier molecular flexibility index (Phi) is 2.21. The minimum absolute atomic E-state index is 0.392. The van der Waals surface area contributed by atoms with E-state index >= 15 is 0 Å². The fourth-order valence-corrected chi connectivity index (χ4v) is 1.23. The van der Waals surface area contributed by atoms with Crippen molar-refractivity contribution in [3.05, 3.63) is 63.2 Å². The van der Waals surface area contributed by atoms with Crippen LogP contribution in [0.15, 0.2) is 46.2 Å². The summed E-state index contributed by atoms with van der Waals surface area (Å²) in [4.78, 5) is 24.7. The number of hydrogen-bond donors (Lipinski definition) is 1. The van der Waals surface area contributed by atoms with Crippen LogP contribution in [0, 0.1) is 5.82 Å². The molecule has 0 unspecified atom stereocenters. The van der Waals surface area contributed by atoms with E-state index in [9.17, 15) is 14.0 Å². The summed E-state index contributed by atoms with van der Waals surface area (Å²) in [7, 11) is 0. The first-order chi connectivity index (χ1) is 7.18. The van der Waals surface area contributed by atoms with E-state index in [4.69, 9.17) is 0 Å². The van der Waals surface area contributed by atoms with E-state index in [0.717, 1.165) is 4.57 Å². The summed E-state index contributed by atoms with van der Waals surface area (Å²) in [6.45, 7) is 0. The average molecular weight is 206 g/mol. The number of H-pyrrole nitrogens is 1. The Balaban J connectivity index is 2.65. The summed E-state index contributed by atoms with van der Waals surface area (Å²) in [6.07, 6.45) is 2.77. The van der Waals surface area contributed by atoms with Crippen molar-refractivity contribution in [2.45, 2.75) is 0 Å². The van der Waals surface area contributed by atoms with E-state index in [1.807, 2.05) is 0 Å². The molecule has 0 saturated heterocycles. The highest BCUT2D eigenvalue weighted by Gasteiger charge is 2.01. The molecule has 1 aromatic heterocycles. The number of nitrogens with zero attached hydrogens (tertiary/aromatic N) is 1. The molecule has 4 nitrogen and oxygen atoms in total. The van der Waals surface area contributed by atoms with Gasteiger partial charge in [0.05, 0.1) is 0 Å².